The van der Waals surface area contributed by atoms with Crippen LogP contribution < -0.4 is 10.1 Å². The van der Waals surface area contributed by atoms with Gasteiger partial charge < -0.3 is 14.5 Å². The van der Waals surface area contributed by atoms with Crippen LogP contribution in [0.25, 0.3) is 22.6 Å². The third-order valence-corrected chi connectivity index (χ3v) is 4.72. The van der Waals surface area contributed by atoms with E-state index in [1.54, 1.807) is 6.07 Å². The molecule has 31 heavy (non-hydrogen) atoms. The minimum atomic E-state index is -0.496. The zero-order valence-electron chi connectivity index (χ0n) is 16.9. The van der Waals surface area contributed by atoms with Crippen LogP contribution in [0.2, 0.25) is 0 Å². The van der Waals surface area contributed by atoms with E-state index >= 15 is 0 Å². The third-order valence-electron chi connectivity index (χ3n) is 4.72. The molecule has 0 atom stereocenters. The second-order valence-electron chi connectivity index (χ2n) is 7.11. The predicted octanol–water partition coefficient (Wildman–Crippen LogP) is 5.04. The van der Waals surface area contributed by atoms with Gasteiger partial charge in [0.15, 0.2) is 12.2 Å². The molecule has 4 aromatic rings. The Morgan fingerprint density at radius 2 is 1.87 bits per heavy atom. The number of rotatable bonds is 6. The summed E-state index contributed by atoms with van der Waals surface area (Å²) < 4.78 is 11.3. The number of ether oxygens (including phenoxy) is 1. The Morgan fingerprint density at radius 3 is 2.61 bits per heavy atom. The number of anilines is 1. The van der Waals surface area contributed by atoms with E-state index in [0.29, 0.717) is 22.9 Å². The molecule has 3 aromatic carbocycles. The first-order valence-corrected chi connectivity index (χ1v) is 9.54. The summed E-state index contributed by atoms with van der Waals surface area (Å²) in [6, 6.07) is 16.9. The van der Waals surface area contributed by atoms with E-state index in [2.05, 4.69) is 10.3 Å². The summed E-state index contributed by atoms with van der Waals surface area (Å²) in [4.78, 5) is 27.1. The van der Waals surface area contributed by atoms with Gasteiger partial charge in [0, 0.05) is 23.4 Å². The fourth-order valence-corrected chi connectivity index (χ4v) is 3.05. The van der Waals surface area contributed by atoms with Crippen molar-refractivity contribution < 1.29 is 18.9 Å². The van der Waals surface area contributed by atoms with Crippen molar-refractivity contribution in [3.63, 3.8) is 0 Å². The number of carbonyl (C=O) groups excluding carboxylic acids is 1. The largest absolute Gasteiger partial charge is 0.484 e. The summed E-state index contributed by atoms with van der Waals surface area (Å²) in [7, 11) is 0. The lowest BCUT2D eigenvalue weighted by Crippen LogP contribution is -2.20. The summed E-state index contributed by atoms with van der Waals surface area (Å²) >= 11 is 0. The molecule has 0 fully saturated rings. The highest BCUT2D eigenvalue weighted by Gasteiger charge is 2.12. The average Bonchev–Trinajstić information content (AvgIpc) is 3.17. The monoisotopic (exact) mass is 417 g/mol. The van der Waals surface area contributed by atoms with Crippen LogP contribution in [0.3, 0.4) is 0 Å². The van der Waals surface area contributed by atoms with Gasteiger partial charge in [-0.2, -0.15) is 0 Å². The molecule has 0 aliphatic rings. The third kappa shape index (κ3) is 4.53. The van der Waals surface area contributed by atoms with Gasteiger partial charge in [0.05, 0.1) is 4.92 Å². The average molecular weight is 417 g/mol. The number of oxazole rings is 1. The van der Waals surface area contributed by atoms with Crippen molar-refractivity contribution in [2.75, 3.05) is 11.9 Å². The molecule has 0 spiro atoms. The summed E-state index contributed by atoms with van der Waals surface area (Å²) in [5.41, 5.74) is 4.76. The fraction of sp³-hybridized carbons (Fsp3) is 0.130. The molecule has 1 N–H and O–H groups in total. The number of nitrogens with one attached hydrogen (secondary N) is 1. The number of hydrogen-bond acceptors (Lipinski definition) is 6. The molecule has 156 valence electrons. The second-order valence-corrected chi connectivity index (χ2v) is 7.11. The highest BCUT2D eigenvalue weighted by Crippen LogP contribution is 2.28. The fourth-order valence-electron chi connectivity index (χ4n) is 3.05. The van der Waals surface area contributed by atoms with E-state index < -0.39 is 4.92 Å². The Kier molecular flexibility index (Phi) is 5.36. The highest BCUT2D eigenvalue weighted by molar-refractivity contribution is 5.93. The highest BCUT2D eigenvalue weighted by atomic mass is 16.6. The second kappa shape index (κ2) is 8.27. The molecule has 4 rings (SSSR count). The molecular weight excluding hydrogens is 398 g/mol. The Hall–Kier alpha value is -4.20. The number of nitro benzene ring substituents is 1. The number of amides is 1. The standard InChI is InChI=1S/C23H19N3O5/c1-14-3-10-21-20(11-14)25-23(31-21)16-5-4-15(2)19(12-16)24-22(27)13-30-18-8-6-17(7-9-18)26(28)29/h3-12H,13H2,1-2H3,(H,24,27). The molecule has 0 aliphatic heterocycles. The Balaban J connectivity index is 1.46. The zero-order chi connectivity index (χ0) is 22.0. The molecule has 0 saturated heterocycles. The predicted molar refractivity (Wildman–Crippen MR) is 116 cm³/mol. The first-order valence-electron chi connectivity index (χ1n) is 9.54. The molecule has 0 aliphatic carbocycles. The molecule has 1 amide bonds. The van der Waals surface area contributed by atoms with Crippen LogP contribution in [0, 0.1) is 24.0 Å². The number of hydrogen-bond donors (Lipinski definition) is 1. The molecule has 1 heterocycles. The molecule has 0 unspecified atom stereocenters. The number of fused-ring (bicyclic) bond motifs is 1. The number of non-ortho nitro benzene ring substituents is 1. The van der Waals surface area contributed by atoms with Crippen molar-refractivity contribution >= 4 is 28.4 Å². The quantitative estimate of drug-likeness (QED) is 0.348. The van der Waals surface area contributed by atoms with Gasteiger partial charge in [0.2, 0.25) is 5.89 Å². The number of benzene rings is 3. The van der Waals surface area contributed by atoms with E-state index in [-0.39, 0.29) is 18.2 Å². The van der Waals surface area contributed by atoms with Crippen molar-refractivity contribution in [2.45, 2.75) is 13.8 Å². The van der Waals surface area contributed by atoms with Gasteiger partial charge in [0.25, 0.3) is 11.6 Å². The maximum absolute atomic E-state index is 12.4. The smallest absolute Gasteiger partial charge is 0.269 e. The number of nitrogens with zero attached hydrogens (tertiary/aromatic N) is 2. The van der Waals surface area contributed by atoms with Crippen LogP contribution in [0.1, 0.15) is 11.1 Å². The number of aromatic nitrogens is 1. The summed E-state index contributed by atoms with van der Waals surface area (Å²) in [6.07, 6.45) is 0. The maximum Gasteiger partial charge on any atom is 0.269 e. The van der Waals surface area contributed by atoms with Crippen molar-refractivity contribution in [2.24, 2.45) is 0 Å². The van der Waals surface area contributed by atoms with Crippen molar-refractivity contribution in [3.8, 4) is 17.2 Å². The summed E-state index contributed by atoms with van der Waals surface area (Å²) in [6.45, 7) is 3.64. The molecule has 0 bridgehead atoms. The molecule has 8 nitrogen and oxygen atoms in total. The Bertz CT molecular complexity index is 1280. The maximum atomic E-state index is 12.4. The molecule has 8 heteroatoms. The van der Waals surface area contributed by atoms with Gasteiger partial charge in [-0.05, 0) is 61.4 Å². The van der Waals surface area contributed by atoms with Crippen molar-refractivity contribution in [3.05, 3.63) is 81.9 Å². The normalized spacial score (nSPS) is 10.8. The lowest BCUT2D eigenvalue weighted by Gasteiger charge is -2.10. The number of carbonyl (C=O) groups is 1. The minimum absolute atomic E-state index is 0.0430. The minimum Gasteiger partial charge on any atom is -0.484 e. The van der Waals surface area contributed by atoms with Gasteiger partial charge in [-0.3, -0.25) is 14.9 Å². The zero-order valence-corrected chi connectivity index (χ0v) is 16.9. The van der Waals surface area contributed by atoms with Crippen molar-refractivity contribution in [1.29, 1.82) is 0 Å². The SMILES string of the molecule is Cc1ccc2oc(-c3ccc(C)c(NC(=O)COc4ccc([N+](=O)[O-])cc4)c3)nc2c1. The van der Waals surface area contributed by atoms with Gasteiger partial charge in [-0.15, -0.1) is 0 Å². The first kappa shape index (κ1) is 20.1. The lowest BCUT2D eigenvalue weighted by molar-refractivity contribution is -0.384. The van der Waals surface area contributed by atoms with Crippen LogP contribution in [0.15, 0.2) is 65.1 Å². The van der Waals surface area contributed by atoms with Crippen LogP contribution in [-0.2, 0) is 4.79 Å². The van der Waals surface area contributed by atoms with E-state index in [4.69, 9.17) is 9.15 Å². The Labute approximate surface area is 177 Å². The van der Waals surface area contributed by atoms with E-state index in [0.717, 1.165) is 22.2 Å². The van der Waals surface area contributed by atoms with Crippen molar-refractivity contribution in [1.82, 2.24) is 4.98 Å². The van der Waals surface area contributed by atoms with E-state index in [1.807, 2.05) is 44.2 Å². The van der Waals surface area contributed by atoms with Gasteiger partial charge in [-0.1, -0.05) is 12.1 Å². The number of nitro groups is 1. The van der Waals surface area contributed by atoms with Gasteiger partial charge in [-0.25, -0.2) is 4.98 Å². The van der Waals surface area contributed by atoms with Gasteiger partial charge in [0.1, 0.15) is 11.3 Å². The Morgan fingerprint density at radius 1 is 1.10 bits per heavy atom. The van der Waals surface area contributed by atoms with Crippen LogP contribution in [-0.4, -0.2) is 22.4 Å². The topological polar surface area (TPSA) is 108 Å². The number of aryl methyl sites for hydroxylation is 2. The van der Waals surface area contributed by atoms with Crippen LogP contribution in [0.4, 0.5) is 11.4 Å². The van der Waals surface area contributed by atoms with Gasteiger partial charge >= 0.3 is 0 Å². The molecule has 0 saturated carbocycles. The van der Waals surface area contributed by atoms with E-state index in [1.165, 1.54) is 24.3 Å². The van der Waals surface area contributed by atoms with Crippen LogP contribution in [0.5, 0.6) is 5.75 Å². The molecule has 0 radical (unpaired) electrons. The lowest BCUT2D eigenvalue weighted by atomic mass is 10.1. The molecular formula is C23H19N3O5. The summed E-state index contributed by atoms with van der Waals surface area (Å²) in [5.74, 6) is 0.484. The first-order chi connectivity index (χ1) is 14.9. The van der Waals surface area contributed by atoms with Crippen LogP contribution >= 0.6 is 0 Å². The molecule has 1 aromatic heterocycles. The summed E-state index contributed by atoms with van der Waals surface area (Å²) in [5, 5.41) is 13.5. The van der Waals surface area contributed by atoms with E-state index in [9.17, 15) is 14.9 Å².